The second-order valence-corrected chi connectivity index (χ2v) is 6.85. The smallest absolute Gasteiger partial charge is 0.337 e. The number of carbonyl (C=O) groups excluding carboxylic acids is 4. The molecule has 2 aliphatic heterocycles. The number of nitrogens with zero attached hydrogens (tertiary/aromatic N) is 2. The monoisotopic (exact) mass is 382 g/mol. The lowest BCUT2D eigenvalue weighted by atomic mass is 10.0. The molecule has 0 fully saturated rings. The number of benzene rings is 1. The number of carbonyl (C=O) groups is 5. The first-order chi connectivity index (χ1) is 13.0. The first-order valence-electron chi connectivity index (χ1n) is 8.49. The van der Waals surface area contributed by atoms with Gasteiger partial charge >= 0.3 is 5.97 Å². The molecule has 0 unspecified atom stereocenters. The number of amides is 4. The molecule has 2 heterocycles. The molecule has 1 aromatic carbocycles. The van der Waals surface area contributed by atoms with Crippen LogP contribution in [0.25, 0.3) is 0 Å². The van der Waals surface area contributed by atoms with E-state index >= 15 is 0 Å². The first kappa shape index (κ1) is 19.2. The van der Waals surface area contributed by atoms with Crippen LogP contribution < -0.4 is 9.80 Å². The summed E-state index contributed by atoms with van der Waals surface area (Å²) in [5, 5.41) is 9.58. The third-order valence-electron chi connectivity index (χ3n) is 5.25. The van der Waals surface area contributed by atoms with Crippen molar-refractivity contribution in [3.63, 3.8) is 0 Å². The van der Waals surface area contributed by atoms with Gasteiger partial charge in [0.25, 0.3) is 23.6 Å². The van der Waals surface area contributed by atoms with Crippen LogP contribution >= 0.6 is 0 Å². The van der Waals surface area contributed by atoms with Crippen LogP contribution in [-0.2, 0) is 19.2 Å². The van der Waals surface area contributed by atoms with Crippen LogP contribution in [0, 0.1) is 6.92 Å². The van der Waals surface area contributed by atoms with Crippen LogP contribution in [0.5, 0.6) is 0 Å². The second kappa shape index (κ2) is 6.26. The van der Waals surface area contributed by atoms with Gasteiger partial charge in [-0.15, -0.1) is 0 Å². The third-order valence-corrected chi connectivity index (χ3v) is 5.25. The van der Waals surface area contributed by atoms with Gasteiger partial charge in [-0.3, -0.25) is 19.2 Å². The Balaban J connectivity index is 2.23. The van der Waals surface area contributed by atoms with E-state index in [0.717, 1.165) is 9.80 Å². The Morgan fingerprint density at radius 2 is 1.04 bits per heavy atom. The fraction of sp³-hybridized carbons (Fsp3) is 0.250. The summed E-state index contributed by atoms with van der Waals surface area (Å²) in [4.78, 5) is 63.6. The van der Waals surface area contributed by atoms with E-state index in [9.17, 15) is 29.1 Å². The van der Waals surface area contributed by atoms with Crippen molar-refractivity contribution >= 4 is 41.0 Å². The summed E-state index contributed by atoms with van der Waals surface area (Å²) in [7, 11) is 0. The molecule has 1 aromatic rings. The molecule has 8 heteroatoms. The Bertz CT molecular complexity index is 1030. The minimum atomic E-state index is -1.34. The predicted octanol–water partition coefficient (Wildman–Crippen LogP) is 2.11. The van der Waals surface area contributed by atoms with Crippen LogP contribution in [0.15, 0.2) is 34.4 Å². The average Bonchev–Trinajstić information content (AvgIpc) is 2.95. The van der Waals surface area contributed by atoms with Crippen LogP contribution in [-0.4, -0.2) is 34.7 Å². The van der Waals surface area contributed by atoms with Gasteiger partial charge in [0.2, 0.25) is 0 Å². The van der Waals surface area contributed by atoms with Gasteiger partial charge in [-0.05, 0) is 52.3 Å². The van der Waals surface area contributed by atoms with E-state index in [1.54, 1.807) is 6.92 Å². The number of hydrogen-bond acceptors (Lipinski definition) is 5. The normalized spacial score (nSPS) is 17.6. The van der Waals surface area contributed by atoms with Crippen molar-refractivity contribution in [2.24, 2.45) is 0 Å². The number of carboxylic acid groups (broad SMARTS) is 1. The fourth-order valence-corrected chi connectivity index (χ4v) is 3.22. The molecule has 0 saturated carbocycles. The zero-order valence-electron chi connectivity index (χ0n) is 16.0. The Morgan fingerprint density at radius 1 is 0.679 bits per heavy atom. The Hall–Kier alpha value is -3.55. The van der Waals surface area contributed by atoms with Gasteiger partial charge < -0.3 is 5.11 Å². The molecule has 0 bridgehead atoms. The number of imide groups is 2. The summed E-state index contributed by atoms with van der Waals surface area (Å²) in [6, 6.07) is 2.49. The van der Waals surface area contributed by atoms with Crippen molar-refractivity contribution in [3.05, 3.63) is 45.6 Å². The summed E-state index contributed by atoms with van der Waals surface area (Å²) in [5.74, 6) is -3.65. The molecule has 0 atom stereocenters. The molecule has 0 aromatic heterocycles. The average molecular weight is 382 g/mol. The van der Waals surface area contributed by atoms with Crippen LogP contribution in [0.3, 0.4) is 0 Å². The van der Waals surface area contributed by atoms with Gasteiger partial charge in [-0.2, -0.15) is 0 Å². The lowest BCUT2D eigenvalue weighted by Crippen LogP contribution is -2.35. The van der Waals surface area contributed by atoms with Gasteiger partial charge in [0.05, 0.1) is 16.9 Å². The van der Waals surface area contributed by atoms with Crippen molar-refractivity contribution in [2.75, 3.05) is 9.80 Å². The molecule has 0 saturated heterocycles. The number of aromatic carboxylic acids is 1. The lowest BCUT2D eigenvalue weighted by Gasteiger charge is -2.23. The fourth-order valence-electron chi connectivity index (χ4n) is 3.22. The summed E-state index contributed by atoms with van der Waals surface area (Å²) in [6.07, 6.45) is 0. The van der Waals surface area contributed by atoms with Gasteiger partial charge in [0, 0.05) is 22.3 Å². The van der Waals surface area contributed by atoms with Gasteiger partial charge in [0.1, 0.15) is 0 Å². The number of aryl methyl sites for hydroxylation is 1. The molecular formula is C20H18N2O6. The summed E-state index contributed by atoms with van der Waals surface area (Å²) in [5.41, 5.74) is 1.04. The van der Waals surface area contributed by atoms with Crippen molar-refractivity contribution in [3.8, 4) is 0 Å². The minimum Gasteiger partial charge on any atom is -0.478 e. The molecule has 1 N–H and O–H groups in total. The standard InChI is InChI=1S/C20H18N2O6/c1-8-6-13(20(27)28)15(22-18(25)11(4)12(5)19(22)26)7-14(8)21-16(23)9(2)10(3)17(21)24/h6-7H,1-5H3,(H,27,28). The van der Waals surface area contributed by atoms with Crippen molar-refractivity contribution in [1.82, 2.24) is 0 Å². The number of rotatable bonds is 3. The Kier molecular flexibility index (Phi) is 4.30. The minimum absolute atomic E-state index is 0.133. The van der Waals surface area contributed by atoms with Gasteiger partial charge in [-0.1, -0.05) is 0 Å². The van der Waals surface area contributed by atoms with E-state index in [0.29, 0.717) is 5.56 Å². The lowest BCUT2D eigenvalue weighted by molar-refractivity contribution is -0.122. The quantitative estimate of drug-likeness (QED) is 0.802. The van der Waals surface area contributed by atoms with E-state index < -0.39 is 29.6 Å². The topological polar surface area (TPSA) is 112 Å². The maximum absolute atomic E-state index is 12.6. The zero-order valence-corrected chi connectivity index (χ0v) is 16.0. The van der Waals surface area contributed by atoms with E-state index in [1.165, 1.54) is 39.8 Å². The SMILES string of the molecule is CC1=C(C)C(=O)N(c2cc(N3C(=O)C(C)=C(C)C3=O)c(C(=O)O)cc2C)C1=O. The highest BCUT2D eigenvalue weighted by Crippen LogP contribution is 2.37. The Labute approximate surface area is 160 Å². The summed E-state index contributed by atoms with van der Waals surface area (Å²) in [6.45, 7) is 7.57. The highest BCUT2D eigenvalue weighted by Gasteiger charge is 2.40. The van der Waals surface area contributed by atoms with Gasteiger partial charge in [0.15, 0.2) is 0 Å². The van der Waals surface area contributed by atoms with Crippen molar-refractivity contribution < 1.29 is 29.1 Å². The second-order valence-electron chi connectivity index (χ2n) is 6.85. The first-order valence-corrected chi connectivity index (χ1v) is 8.49. The van der Waals surface area contributed by atoms with Gasteiger partial charge in [-0.25, -0.2) is 14.6 Å². The maximum Gasteiger partial charge on any atom is 0.337 e. The zero-order chi connectivity index (χ0) is 21.1. The molecule has 4 amide bonds. The molecule has 144 valence electrons. The van der Waals surface area contributed by atoms with Crippen LogP contribution in [0.4, 0.5) is 11.4 Å². The van der Waals surface area contributed by atoms with Crippen LogP contribution in [0.1, 0.15) is 43.6 Å². The number of anilines is 2. The molecule has 0 radical (unpaired) electrons. The van der Waals surface area contributed by atoms with E-state index in [4.69, 9.17) is 0 Å². The van der Waals surface area contributed by atoms with E-state index in [2.05, 4.69) is 0 Å². The Morgan fingerprint density at radius 3 is 1.39 bits per heavy atom. The molecule has 2 aliphatic rings. The molecule has 0 aliphatic carbocycles. The highest BCUT2D eigenvalue weighted by molar-refractivity contribution is 6.35. The number of carboxylic acids is 1. The molecule has 3 rings (SSSR count). The molecule has 0 spiro atoms. The van der Waals surface area contributed by atoms with Crippen LogP contribution in [0.2, 0.25) is 0 Å². The summed E-state index contributed by atoms with van der Waals surface area (Å²) >= 11 is 0. The molecule has 8 nitrogen and oxygen atoms in total. The summed E-state index contributed by atoms with van der Waals surface area (Å²) < 4.78 is 0. The molecule has 28 heavy (non-hydrogen) atoms. The van der Waals surface area contributed by atoms with Crippen molar-refractivity contribution in [2.45, 2.75) is 34.6 Å². The molecular weight excluding hydrogens is 364 g/mol. The predicted molar refractivity (Wildman–Crippen MR) is 99.9 cm³/mol. The van der Waals surface area contributed by atoms with Crippen molar-refractivity contribution in [1.29, 1.82) is 0 Å². The van der Waals surface area contributed by atoms with E-state index in [1.807, 2.05) is 0 Å². The van der Waals surface area contributed by atoms with E-state index in [-0.39, 0.29) is 39.2 Å². The number of hydrogen-bond donors (Lipinski definition) is 1. The largest absolute Gasteiger partial charge is 0.478 e. The maximum atomic E-state index is 12.6. The highest BCUT2D eigenvalue weighted by atomic mass is 16.4. The third kappa shape index (κ3) is 2.49.